The van der Waals surface area contributed by atoms with E-state index in [-0.39, 0.29) is 0 Å². The molecule has 0 N–H and O–H groups in total. The molecule has 0 radical (unpaired) electrons. The topological polar surface area (TPSA) is 35.8 Å². The van der Waals surface area contributed by atoms with Crippen LogP contribution in [0, 0.1) is 0 Å². The van der Waals surface area contributed by atoms with Gasteiger partial charge in [-0.05, 0) is 29.8 Å². The molecule has 0 unspecified atom stereocenters. The Kier molecular flexibility index (Phi) is 3.60. The molecule has 22 heavy (non-hydrogen) atoms. The SMILES string of the molecule is Clc1cc(CSc2ncc3ccccn23)cc2c1OCCO2. The number of rotatable bonds is 3. The zero-order chi connectivity index (χ0) is 14.9. The van der Waals surface area contributed by atoms with Crippen LogP contribution in [0.2, 0.25) is 5.02 Å². The minimum absolute atomic E-state index is 0.543. The van der Waals surface area contributed by atoms with Gasteiger partial charge in [-0.2, -0.15) is 0 Å². The van der Waals surface area contributed by atoms with Gasteiger partial charge in [-0.3, -0.25) is 4.40 Å². The van der Waals surface area contributed by atoms with Crippen molar-refractivity contribution in [1.82, 2.24) is 9.38 Å². The number of halogens is 1. The number of hydrogen-bond donors (Lipinski definition) is 0. The minimum Gasteiger partial charge on any atom is -0.486 e. The third-order valence-electron chi connectivity index (χ3n) is 3.43. The third-order valence-corrected chi connectivity index (χ3v) is 4.75. The van der Waals surface area contributed by atoms with Gasteiger partial charge < -0.3 is 9.47 Å². The van der Waals surface area contributed by atoms with Gasteiger partial charge in [0.15, 0.2) is 16.7 Å². The van der Waals surface area contributed by atoms with Crippen LogP contribution in [-0.4, -0.2) is 22.6 Å². The molecule has 0 spiro atoms. The van der Waals surface area contributed by atoms with Crippen molar-refractivity contribution >= 4 is 28.9 Å². The van der Waals surface area contributed by atoms with Gasteiger partial charge >= 0.3 is 0 Å². The quantitative estimate of drug-likeness (QED) is 0.678. The van der Waals surface area contributed by atoms with Crippen LogP contribution in [0.5, 0.6) is 11.5 Å². The zero-order valence-corrected chi connectivity index (χ0v) is 13.2. The number of nitrogens with zero attached hydrogens (tertiary/aromatic N) is 2. The van der Waals surface area contributed by atoms with E-state index in [2.05, 4.69) is 9.38 Å². The van der Waals surface area contributed by atoms with Gasteiger partial charge in [-0.25, -0.2) is 4.98 Å². The Hall–Kier alpha value is -1.85. The molecule has 1 aliphatic heterocycles. The molecule has 1 aliphatic rings. The normalized spacial score (nSPS) is 13.5. The monoisotopic (exact) mass is 332 g/mol. The van der Waals surface area contributed by atoms with E-state index in [1.165, 1.54) is 0 Å². The summed E-state index contributed by atoms with van der Waals surface area (Å²) >= 11 is 7.93. The van der Waals surface area contributed by atoms with Crippen LogP contribution in [0.25, 0.3) is 5.52 Å². The lowest BCUT2D eigenvalue weighted by Crippen LogP contribution is -2.15. The van der Waals surface area contributed by atoms with Crippen molar-refractivity contribution in [2.75, 3.05) is 13.2 Å². The molecule has 2 aromatic heterocycles. The van der Waals surface area contributed by atoms with Gasteiger partial charge in [-0.15, -0.1) is 0 Å². The third kappa shape index (κ3) is 2.51. The Morgan fingerprint density at radius 3 is 3.09 bits per heavy atom. The van der Waals surface area contributed by atoms with Gasteiger partial charge in [-0.1, -0.05) is 29.4 Å². The van der Waals surface area contributed by atoms with Gasteiger partial charge in [0.1, 0.15) is 13.2 Å². The van der Waals surface area contributed by atoms with E-state index in [1.54, 1.807) is 11.8 Å². The summed E-state index contributed by atoms with van der Waals surface area (Å²) in [4.78, 5) is 4.46. The lowest BCUT2D eigenvalue weighted by molar-refractivity contribution is 0.171. The van der Waals surface area contributed by atoms with Crippen molar-refractivity contribution in [1.29, 1.82) is 0 Å². The number of pyridine rings is 1. The highest BCUT2D eigenvalue weighted by atomic mass is 35.5. The predicted octanol–water partition coefficient (Wildman–Crippen LogP) is 4.05. The Bertz CT molecular complexity index is 834. The van der Waals surface area contributed by atoms with Gasteiger partial charge in [0.05, 0.1) is 16.7 Å². The summed E-state index contributed by atoms with van der Waals surface area (Å²) < 4.78 is 13.2. The summed E-state index contributed by atoms with van der Waals surface area (Å²) in [6, 6.07) is 9.96. The van der Waals surface area contributed by atoms with Crippen LogP contribution in [0.4, 0.5) is 0 Å². The van der Waals surface area contributed by atoms with Crippen LogP contribution < -0.4 is 9.47 Å². The van der Waals surface area contributed by atoms with E-state index >= 15 is 0 Å². The Labute approximate surface area is 137 Å². The summed E-state index contributed by atoms with van der Waals surface area (Å²) in [5.41, 5.74) is 2.18. The predicted molar refractivity (Wildman–Crippen MR) is 87.2 cm³/mol. The Morgan fingerprint density at radius 2 is 2.14 bits per heavy atom. The lowest BCUT2D eigenvalue weighted by atomic mass is 10.2. The first-order valence-electron chi connectivity index (χ1n) is 6.94. The molecule has 0 saturated carbocycles. The molecule has 4 nitrogen and oxygen atoms in total. The second-order valence-electron chi connectivity index (χ2n) is 4.93. The van der Waals surface area contributed by atoms with Crippen LogP contribution in [-0.2, 0) is 5.75 Å². The minimum atomic E-state index is 0.543. The second kappa shape index (κ2) is 5.74. The number of fused-ring (bicyclic) bond motifs is 2. The van der Waals surface area contributed by atoms with E-state index in [0.29, 0.717) is 24.0 Å². The second-order valence-corrected chi connectivity index (χ2v) is 6.28. The molecule has 112 valence electrons. The summed E-state index contributed by atoms with van der Waals surface area (Å²) in [5.74, 6) is 2.14. The number of hydrogen-bond acceptors (Lipinski definition) is 4. The lowest BCUT2D eigenvalue weighted by Gasteiger charge is -2.20. The molecular formula is C16H13ClN2O2S. The molecule has 0 saturated heterocycles. The molecule has 1 aromatic carbocycles. The maximum atomic E-state index is 6.27. The van der Waals surface area contributed by atoms with Crippen LogP contribution in [0.1, 0.15) is 5.56 Å². The first-order chi connectivity index (χ1) is 10.8. The molecule has 0 amide bonds. The average molecular weight is 333 g/mol. The molecule has 0 aliphatic carbocycles. The molecule has 3 aromatic rings. The zero-order valence-electron chi connectivity index (χ0n) is 11.7. The molecule has 3 heterocycles. The highest BCUT2D eigenvalue weighted by Crippen LogP contribution is 2.39. The maximum Gasteiger partial charge on any atom is 0.179 e. The van der Waals surface area contributed by atoms with Gasteiger partial charge in [0.2, 0.25) is 0 Å². The maximum absolute atomic E-state index is 6.27. The van der Waals surface area contributed by atoms with Crippen molar-refractivity contribution in [3.8, 4) is 11.5 Å². The van der Waals surface area contributed by atoms with E-state index in [1.807, 2.05) is 42.7 Å². The smallest absolute Gasteiger partial charge is 0.179 e. The number of imidazole rings is 1. The summed E-state index contributed by atoms with van der Waals surface area (Å²) in [7, 11) is 0. The molecule has 4 rings (SSSR count). The standard InChI is InChI=1S/C16H13ClN2O2S/c17-13-7-11(8-14-15(13)21-6-5-20-14)10-22-16-18-9-12-3-1-2-4-19(12)16/h1-4,7-9H,5-6,10H2. The van der Waals surface area contributed by atoms with Gasteiger partial charge in [0.25, 0.3) is 0 Å². The van der Waals surface area contributed by atoms with Crippen LogP contribution >= 0.6 is 23.4 Å². The van der Waals surface area contributed by atoms with E-state index in [9.17, 15) is 0 Å². The van der Waals surface area contributed by atoms with Crippen LogP contribution in [0.15, 0.2) is 47.9 Å². The highest BCUT2D eigenvalue weighted by Gasteiger charge is 2.17. The Morgan fingerprint density at radius 1 is 1.23 bits per heavy atom. The largest absolute Gasteiger partial charge is 0.486 e. The van der Waals surface area contributed by atoms with Crippen molar-refractivity contribution in [2.45, 2.75) is 10.9 Å². The fourth-order valence-corrected chi connectivity index (χ4v) is 3.60. The molecule has 0 fully saturated rings. The van der Waals surface area contributed by atoms with Crippen molar-refractivity contribution in [3.05, 3.63) is 53.3 Å². The summed E-state index contributed by atoms with van der Waals surface area (Å²) in [6.07, 6.45) is 3.89. The van der Waals surface area contributed by atoms with Crippen LogP contribution in [0.3, 0.4) is 0 Å². The summed E-state index contributed by atoms with van der Waals surface area (Å²) in [6.45, 7) is 1.10. The van der Waals surface area contributed by atoms with Gasteiger partial charge in [0, 0.05) is 11.9 Å². The molecular weight excluding hydrogens is 320 g/mol. The first kappa shape index (κ1) is 13.8. The van der Waals surface area contributed by atoms with E-state index in [0.717, 1.165) is 27.7 Å². The number of benzene rings is 1. The summed E-state index contributed by atoms with van der Waals surface area (Å²) in [5, 5.41) is 1.56. The highest BCUT2D eigenvalue weighted by molar-refractivity contribution is 7.98. The number of aromatic nitrogens is 2. The first-order valence-corrected chi connectivity index (χ1v) is 8.30. The van der Waals surface area contributed by atoms with Crippen molar-refractivity contribution in [2.24, 2.45) is 0 Å². The molecule has 6 heteroatoms. The Balaban J connectivity index is 1.58. The van der Waals surface area contributed by atoms with E-state index < -0.39 is 0 Å². The van der Waals surface area contributed by atoms with E-state index in [4.69, 9.17) is 21.1 Å². The average Bonchev–Trinajstić information content (AvgIpc) is 2.96. The molecule has 0 atom stereocenters. The fourth-order valence-electron chi connectivity index (χ4n) is 2.42. The number of ether oxygens (including phenoxy) is 2. The fraction of sp³-hybridized carbons (Fsp3) is 0.188. The number of thioether (sulfide) groups is 1. The van der Waals surface area contributed by atoms with Crippen molar-refractivity contribution in [3.63, 3.8) is 0 Å². The molecule has 0 bridgehead atoms. The van der Waals surface area contributed by atoms with Crippen molar-refractivity contribution < 1.29 is 9.47 Å².